The summed E-state index contributed by atoms with van der Waals surface area (Å²) in [5, 5.41) is 0. The van der Waals surface area contributed by atoms with Crippen molar-refractivity contribution in [2.24, 2.45) is 0 Å². The van der Waals surface area contributed by atoms with E-state index in [1.165, 1.54) is 12.1 Å². The summed E-state index contributed by atoms with van der Waals surface area (Å²) in [6.45, 7) is 3.79. The Morgan fingerprint density at radius 2 is 1.76 bits per heavy atom. The third kappa shape index (κ3) is 3.84. The van der Waals surface area contributed by atoms with Gasteiger partial charge in [0.15, 0.2) is 0 Å². The average Bonchev–Trinajstić information content (AvgIpc) is 2.36. The van der Waals surface area contributed by atoms with Crippen LogP contribution in [0.15, 0.2) is 36.4 Å². The summed E-state index contributed by atoms with van der Waals surface area (Å²) in [5.74, 6) is -0.401. The van der Waals surface area contributed by atoms with Crippen LogP contribution in [0.4, 0.5) is 13.2 Å². The summed E-state index contributed by atoms with van der Waals surface area (Å²) in [6.07, 6.45) is -4.29. The summed E-state index contributed by atoms with van der Waals surface area (Å²) < 4.78 is 40.9. The van der Waals surface area contributed by atoms with Crippen LogP contribution in [0.3, 0.4) is 0 Å². The third-order valence-electron chi connectivity index (χ3n) is 2.99. The van der Waals surface area contributed by atoms with Crippen LogP contribution >= 0.6 is 0 Å². The maximum absolute atomic E-state index is 12.3. The first-order valence-corrected chi connectivity index (χ1v) is 6.22. The predicted octanol–water partition coefficient (Wildman–Crippen LogP) is 4.68. The van der Waals surface area contributed by atoms with Crippen molar-refractivity contribution in [1.82, 2.24) is 0 Å². The lowest BCUT2D eigenvalue weighted by molar-refractivity contribution is -0.274. The summed E-state index contributed by atoms with van der Waals surface area (Å²) in [6, 6.07) is 9.47. The quantitative estimate of drug-likeness (QED) is 0.768. The number of carbonyl (C=O) groups excluding carboxylic acids is 1. The van der Waals surface area contributed by atoms with Gasteiger partial charge in [0.05, 0.1) is 0 Å². The molecule has 0 fully saturated rings. The Morgan fingerprint density at radius 1 is 1.05 bits per heavy atom. The Balaban J connectivity index is 2.52. The molecule has 0 aliphatic heterocycles. The minimum absolute atomic E-state index is 0.131. The Bertz CT molecular complexity index is 676. The Morgan fingerprint density at radius 3 is 2.33 bits per heavy atom. The fourth-order valence-electron chi connectivity index (χ4n) is 2.18. The first kappa shape index (κ1) is 15.1. The lowest BCUT2D eigenvalue weighted by Crippen LogP contribution is -2.17. The fraction of sp³-hybridized carbons (Fsp3) is 0.188. The molecule has 0 aromatic heterocycles. The van der Waals surface area contributed by atoms with Crippen LogP contribution < -0.4 is 4.74 Å². The van der Waals surface area contributed by atoms with Gasteiger partial charge in [-0.15, -0.1) is 13.2 Å². The maximum Gasteiger partial charge on any atom is 0.573 e. The zero-order valence-corrected chi connectivity index (χ0v) is 11.5. The van der Waals surface area contributed by atoms with Gasteiger partial charge in [-0.1, -0.05) is 23.8 Å². The van der Waals surface area contributed by atoms with E-state index in [0.717, 1.165) is 22.8 Å². The standard InChI is InChI=1S/C16H13F3O2/c1-10-3-4-15(11(2)5-10)13-6-12(9-20)7-14(8-13)21-16(17,18)19/h3-9H,1-2H3. The molecular formula is C16H13F3O2. The monoisotopic (exact) mass is 294 g/mol. The Kier molecular flexibility index (Phi) is 4.02. The molecule has 2 aromatic carbocycles. The van der Waals surface area contributed by atoms with E-state index in [2.05, 4.69) is 4.74 Å². The lowest BCUT2D eigenvalue weighted by Gasteiger charge is -2.13. The molecule has 2 rings (SSSR count). The van der Waals surface area contributed by atoms with Gasteiger partial charge in [-0.05, 0) is 48.7 Å². The van der Waals surface area contributed by atoms with Crippen molar-refractivity contribution in [3.8, 4) is 16.9 Å². The van der Waals surface area contributed by atoms with Gasteiger partial charge in [0, 0.05) is 5.56 Å². The number of rotatable bonds is 3. The molecule has 21 heavy (non-hydrogen) atoms. The van der Waals surface area contributed by atoms with E-state index in [-0.39, 0.29) is 5.56 Å². The van der Waals surface area contributed by atoms with Crippen molar-refractivity contribution in [1.29, 1.82) is 0 Å². The van der Waals surface area contributed by atoms with Gasteiger partial charge in [-0.25, -0.2) is 0 Å². The Hall–Kier alpha value is -2.30. The minimum atomic E-state index is -4.79. The Labute approximate surface area is 120 Å². The molecule has 0 N–H and O–H groups in total. The molecule has 0 atom stereocenters. The molecule has 0 radical (unpaired) electrons. The van der Waals surface area contributed by atoms with Crippen molar-refractivity contribution in [2.45, 2.75) is 20.2 Å². The van der Waals surface area contributed by atoms with E-state index < -0.39 is 12.1 Å². The zero-order chi connectivity index (χ0) is 15.6. The number of aldehydes is 1. The van der Waals surface area contributed by atoms with Crippen molar-refractivity contribution in [3.05, 3.63) is 53.1 Å². The molecule has 2 nitrogen and oxygen atoms in total. The van der Waals surface area contributed by atoms with Crippen molar-refractivity contribution < 1.29 is 22.7 Å². The molecule has 110 valence electrons. The van der Waals surface area contributed by atoms with Gasteiger partial charge >= 0.3 is 6.36 Å². The van der Waals surface area contributed by atoms with Gasteiger partial charge < -0.3 is 4.74 Å². The van der Waals surface area contributed by atoms with Gasteiger partial charge in [-0.2, -0.15) is 0 Å². The summed E-state index contributed by atoms with van der Waals surface area (Å²) in [5.41, 5.74) is 3.37. The van der Waals surface area contributed by atoms with Crippen LogP contribution in [-0.4, -0.2) is 12.6 Å². The van der Waals surface area contributed by atoms with Gasteiger partial charge in [0.1, 0.15) is 12.0 Å². The van der Waals surface area contributed by atoms with E-state index >= 15 is 0 Å². The van der Waals surface area contributed by atoms with Crippen LogP contribution in [0, 0.1) is 13.8 Å². The van der Waals surface area contributed by atoms with Crippen LogP contribution in [-0.2, 0) is 0 Å². The molecular weight excluding hydrogens is 281 g/mol. The average molecular weight is 294 g/mol. The highest BCUT2D eigenvalue weighted by molar-refractivity contribution is 5.81. The second kappa shape index (κ2) is 5.60. The number of hydrogen-bond acceptors (Lipinski definition) is 2. The van der Waals surface area contributed by atoms with Crippen LogP contribution in [0.25, 0.3) is 11.1 Å². The molecule has 0 saturated heterocycles. The van der Waals surface area contributed by atoms with Gasteiger partial charge in [0.25, 0.3) is 0 Å². The van der Waals surface area contributed by atoms with Crippen molar-refractivity contribution in [3.63, 3.8) is 0 Å². The number of benzene rings is 2. The van der Waals surface area contributed by atoms with Crippen LogP contribution in [0.1, 0.15) is 21.5 Å². The molecule has 2 aromatic rings. The molecule has 5 heteroatoms. The molecule has 0 saturated carbocycles. The highest BCUT2D eigenvalue weighted by Crippen LogP contribution is 2.31. The second-order valence-electron chi connectivity index (χ2n) is 4.77. The fourth-order valence-corrected chi connectivity index (χ4v) is 2.18. The second-order valence-corrected chi connectivity index (χ2v) is 4.77. The highest BCUT2D eigenvalue weighted by atomic mass is 19.4. The third-order valence-corrected chi connectivity index (χ3v) is 2.99. The first-order chi connectivity index (χ1) is 9.78. The van der Waals surface area contributed by atoms with Gasteiger partial charge in [-0.3, -0.25) is 4.79 Å². The highest BCUT2D eigenvalue weighted by Gasteiger charge is 2.31. The lowest BCUT2D eigenvalue weighted by atomic mass is 9.97. The molecule has 0 unspecified atom stereocenters. The van der Waals surface area contributed by atoms with E-state index in [4.69, 9.17) is 0 Å². The van der Waals surface area contributed by atoms with E-state index in [1.807, 2.05) is 32.0 Å². The molecule has 0 aliphatic rings. The number of hydrogen-bond donors (Lipinski definition) is 0. The number of alkyl halides is 3. The normalized spacial score (nSPS) is 11.3. The number of carbonyl (C=O) groups is 1. The maximum atomic E-state index is 12.3. The van der Waals surface area contributed by atoms with E-state index in [9.17, 15) is 18.0 Å². The van der Waals surface area contributed by atoms with Crippen molar-refractivity contribution >= 4 is 6.29 Å². The summed E-state index contributed by atoms with van der Waals surface area (Å²) in [4.78, 5) is 10.9. The van der Waals surface area contributed by atoms with E-state index in [0.29, 0.717) is 11.8 Å². The molecule has 0 bridgehead atoms. The molecule has 0 aliphatic carbocycles. The number of ether oxygens (including phenoxy) is 1. The van der Waals surface area contributed by atoms with E-state index in [1.54, 1.807) is 0 Å². The van der Waals surface area contributed by atoms with Crippen LogP contribution in [0.5, 0.6) is 5.75 Å². The topological polar surface area (TPSA) is 26.3 Å². The largest absolute Gasteiger partial charge is 0.573 e. The SMILES string of the molecule is Cc1ccc(-c2cc(C=O)cc(OC(F)(F)F)c2)c(C)c1. The zero-order valence-electron chi connectivity index (χ0n) is 11.5. The minimum Gasteiger partial charge on any atom is -0.406 e. The first-order valence-electron chi connectivity index (χ1n) is 6.22. The number of aryl methyl sites for hydroxylation is 2. The van der Waals surface area contributed by atoms with Crippen LogP contribution in [0.2, 0.25) is 0 Å². The number of halogens is 3. The molecule has 0 spiro atoms. The summed E-state index contributed by atoms with van der Waals surface area (Å²) >= 11 is 0. The summed E-state index contributed by atoms with van der Waals surface area (Å²) in [7, 11) is 0. The smallest absolute Gasteiger partial charge is 0.406 e. The molecule has 0 heterocycles. The predicted molar refractivity (Wildman–Crippen MR) is 73.4 cm³/mol. The molecule has 0 amide bonds. The van der Waals surface area contributed by atoms with Crippen molar-refractivity contribution in [2.75, 3.05) is 0 Å². The van der Waals surface area contributed by atoms with Gasteiger partial charge in [0.2, 0.25) is 0 Å².